The van der Waals surface area contributed by atoms with Crippen LogP contribution >= 0.6 is 0 Å². The van der Waals surface area contributed by atoms with Gasteiger partial charge in [0.05, 0.1) is 6.54 Å². The molecule has 1 aromatic carbocycles. The molecule has 4 heteroatoms. The number of nitrogens with one attached hydrogen (secondary N) is 1. The molecule has 0 atom stereocenters. The van der Waals surface area contributed by atoms with E-state index in [0.717, 1.165) is 11.1 Å². The molecule has 2 amide bonds. The predicted molar refractivity (Wildman–Crippen MR) is 58.8 cm³/mol. The maximum atomic E-state index is 10.6. The smallest absolute Gasteiger partial charge is 0.312 e. The molecule has 0 spiro atoms. The number of urea groups is 1. The summed E-state index contributed by atoms with van der Waals surface area (Å²) in [7, 11) is 0. The van der Waals surface area contributed by atoms with Crippen LogP contribution in [-0.4, -0.2) is 12.6 Å². The summed E-state index contributed by atoms with van der Waals surface area (Å²) in [4.78, 5) is 10.6. The van der Waals surface area contributed by atoms with E-state index in [1.54, 1.807) is 0 Å². The largest absolute Gasteiger partial charge is 0.352 e. The predicted octanol–water partition coefficient (Wildman–Crippen LogP) is 0.165. The Morgan fingerprint density at radius 3 is 2.80 bits per heavy atom. The molecule has 78 valence electrons. The van der Waals surface area contributed by atoms with Gasteiger partial charge in [-0.2, -0.15) is 0 Å². The fourth-order valence-electron chi connectivity index (χ4n) is 1.13. The molecule has 0 saturated carbocycles. The number of benzene rings is 1. The Bertz CT molecular complexity index is 404. The van der Waals surface area contributed by atoms with Gasteiger partial charge in [-0.25, -0.2) is 4.79 Å². The van der Waals surface area contributed by atoms with Gasteiger partial charge >= 0.3 is 6.03 Å². The fraction of sp³-hybridized carbons (Fsp3) is 0.182. The molecule has 0 bridgehead atoms. The minimum Gasteiger partial charge on any atom is -0.352 e. The first-order chi connectivity index (χ1) is 7.24. The summed E-state index contributed by atoms with van der Waals surface area (Å²) >= 11 is 0. The Hall–Kier alpha value is -1.99. The average Bonchev–Trinajstić information content (AvgIpc) is 2.24. The second kappa shape index (κ2) is 5.68. The van der Waals surface area contributed by atoms with E-state index in [4.69, 9.17) is 11.5 Å². The first-order valence-corrected chi connectivity index (χ1v) is 4.54. The van der Waals surface area contributed by atoms with Crippen LogP contribution < -0.4 is 16.8 Å². The minimum atomic E-state index is -0.545. The molecule has 4 nitrogen and oxygen atoms in total. The third-order valence-electron chi connectivity index (χ3n) is 1.80. The zero-order chi connectivity index (χ0) is 11.1. The monoisotopic (exact) mass is 203 g/mol. The van der Waals surface area contributed by atoms with Gasteiger partial charge in [-0.15, -0.1) is 0 Å². The van der Waals surface area contributed by atoms with Crippen molar-refractivity contribution in [3.8, 4) is 11.8 Å². The highest BCUT2D eigenvalue weighted by Crippen LogP contribution is 2.06. The van der Waals surface area contributed by atoms with Gasteiger partial charge in [0.2, 0.25) is 0 Å². The Morgan fingerprint density at radius 2 is 2.13 bits per heavy atom. The first-order valence-electron chi connectivity index (χ1n) is 4.54. The minimum absolute atomic E-state index is 0.317. The Kier molecular flexibility index (Phi) is 4.20. The molecule has 0 radical (unpaired) electrons. The van der Waals surface area contributed by atoms with Crippen molar-refractivity contribution in [1.29, 1.82) is 0 Å². The van der Waals surface area contributed by atoms with E-state index in [-0.39, 0.29) is 0 Å². The van der Waals surface area contributed by atoms with E-state index in [1.165, 1.54) is 0 Å². The van der Waals surface area contributed by atoms with Crippen molar-refractivity contribution in [1.82, 2.24) is 5.32 Å². The molecule has 5 N–H and O–H groups in total. The van der Waals surface area contributed by atoms with E-state index < -0.39 is 6.03 Å². The Balaban J connectivity index is 2.81. The van der Waals surface area contributed by atoms with Crippen LogP contribution in [0.4, 0.5) is 4.79 Å². The van der Waals surface area contributed by atoms with Crippen molar-refractivity contribution >= 4 is 6.03 Å². The lowest BCUT2D eigenvalue weighted by Gasteiger charge is -2.04. The normalized spacial score (nSPS) is 8.87. The summed E-state index contributed by atoms with van der Waals surface area (Å²) in [5.74, 6) is 5.70. The molecule has 0 aliphatic carbocycles. The molecule has 15 heavy (non-hydrogen) atoms. The third kappa shape index (κ3) is 3.71. The number of rotatable bonds is 2. The maximum Gasteiger partial charge on any atom is 0.312 e. The molecule has 0 aliphatic rings. The van der Waals surface area contributed by atoms with Gasteiger partial charge in [0.25, 0.3) is 0 Å². The highest BCUT2D eigenvalue weighted by Gasteiger charge is 1.99. The summed E-state index contributed by atoms with van der Waals surface area (Å²) in [6.07, 6.45) is 0. The number of nitrogens with two attached hydrogens (primary N) is 2. The molecule has 0 fully saturated rings. The molecule has 0 heterocycles. The van der Waals surface area contributed by atoms with Gasteiger partial charge in [0.15, 0.2) is 0 Å². The van der Waals surface area contributed by atoms with Crippen LogP contribution in [0.2, 0.25) is 0 Å². The standard InChI is InChI=1S/C11H13N3O/c12-7-3-6-9-4-1-2-5-10(9)8-14-11(13)15/h1-2,4-5H,7-8,12H2,(H3,13,14,15). The van der Waals surface area contributed by atoms with E-state index in [0.29, 0.717) is 13.1 Å². The molecule has 0 saturated heterocycles. The molecular weight excluding hydrogens is 190 g/mol. The van der Waals surface area contributed by atoms with E-state index in [9.17, 15) is 4.79 Å². The van der Waals surface area contributed by atoms with Gasteiger partial charge in [-0.1, -0.05) is 30.0 Å². The topological polar surface area (TPSA) is 81.1 Å². The van der Waals surface area contributed by atoms with Crippen molar-refractivity contribution in [2.24, 2.45) is 11.5 Å². The van der Waals surface area contributed by atoms with Gasteiger partial charge in [0.1, 0.15) is 0 Å². The summed E-state index contributed by atoms with van der Waals surface area (Å²) in [5.41, 5.74) is 12.1. The van der Waals surface area contributed by atoms with E-state index >= 15 is 0 Å². The molecule has 0 aliphatic heterocycles. The number of hydrogen-bond donors (Lipinski definition) is 3. The fourth-order valence-corrected chi connectivity index (χ4v) is 1.13. The van der Waals surface area contributed by atoms with Crippen LogP contribution in [0, 0.1) is 11.8 Å². The Morgan fingerprint density at radius 1 is 1.40 bits per heavy atom. The molecule has 1 rings (SSSR count). The second-order valence-electron chi connectivity index (χ2n) is 2.88. The highest BCUT2D eigenvalue weighted by molar-refractivity contribution is 5.71. The number of hydrogen-bond acceptors (Lipinski definition) is 2. The second-order valence-corrected chi connectivity index (χ2v) is 2.88. The number of carbonyl (C=O) groups excluding carboxylic acids is 1. The van der Waals surface area contributed by atoms with E-state index in [2.05, 4.69) is 17.2 Å². The van der Waals surface area contributed by atoms with Crippen molar-refractivity contribution in [3.05, 3.63) is 35.4 Å². The number of carbonyl (C=O) groups is 1. The number of amides is 2. The lowest BCUT2D eigenvalue weighted by Crippen LogP contribution is -2.28. The summed E-state index contributed by atoms with van der Waals surface area (Å²) in [5, 5.41) is 2.52. The molecular formula is C11H13N3O. The lowest BCUT2D eigenvalue weighted by atomic mass is 10.1. The van der Waals surface area contributed by atoms with Gasteiger partial charge < -0.3 is 16.8 Å². The quantitative estimate of drug-likeness (QED) is 0.599. The van der Waals surface area contributed by atoms with E-state index in [1.807, 2.05) is 24.3 Å². The van der Waals surface area contributed by atoms with Gasteiger partial charge in [0, 0.05) is 12.1 Å². The molecule has 1 aromatic rings. The van der Waals surface area contributed by atoms with Crippen LogP contribution in [-0.2, 0) is 6.54 Å². The third-order valence-corrected chi connectivity index (χ3v) is 1.80. The molecule has 0 aromatic heterocycles. The zero-order valence-corrected chi connectivity index (χ0v) is 8.29. The summed E-state index contributed by atoms with van der Waals surface area (Å²) < 4.78 is 0. The zero-order valence-electron chi connectivity index (χ0n) is 8.29. The maximum absolute atomic E-state index is 10.6. The Labute approximate surface area is 88.6 Å². The molecule has 0 unspecified atom stereocenters. The highest BCUT2D eigenvalue weighted by atomic mass is 16.2. The van der Waals surface area contributed by atoms with Crippen molar-refractivity contribution in [2.45, 2.75) is 6.54 Å². The summed E-state index contributed by atoms with van der Waals surface area (Å²) in [6, 6.07) is 6.98. The van der Waals surface area contributed by atoms with Crippen molar-refractivity contribution in [2.75, 3.05) is 6.54 Å². The lowest BCUT2D eigenvalue weighted by molar-refractivity contribution is 0.248. The van der Waals surface area contributed by atoms with Crippen molar-refractivity contribution in [3.63, 3.8) is 0 Å². The van der Waals surface area contributed by atoms with Gasteiger partial charge in [-0.3, -0.25) is 0 Å². The average molecular weight is 203 g/mol. The first kappa shape index (κ1) is 11.1. The van der Waals surface area contributed by atoms with Crippen LogP contribution in [0.15, 0.2) is 24.3 Å². The van der Waals surface area contributed by atoms with Crippen LogP contribution in [0.3, 0.4) is 0 Å². The van der Waals surface area contributed by atoms with Crippen LogP contribution in [0.25, 0.3) is 0 Å². The summed E-state index contributed by atoms with van der Waals surface area (Å²) in [6.45, 7) is 0.697. The van der Waals surface area contributed by atoms with Crippen molar-refractivity contribution < 1.29 is 4.79 Å². The van der Waals surface area contributed by atoms with Crippen LogP contribution in [0.5, 0.6) is 0 Å². The SMILES string of the molecule is NCC#Cc1ccccc1CNC(N)=O. The van der Waals surface area contributed by atoms with Crippen LogP contribution in [0.1, 0.15) is 11.1 Å². The number of primary amides is 1. The van der Waals surface area contributed by atoms with Gasteiger partial charge in [-0.05, 0) is 11.6 Å².